The highest BCUT2D eigenvalue weighted by Gasteiger charge is 2.30. The molecule has 1 aromatic heterocycles. The number of alkyl halides is 3. The molecule has 0 aliphatic carbocycles. The lowest BCUT2D eigenvalue weighted by atomic mass is 10.2. The lowest BCUT2D eigenvalue weighted by Gasteiger charge is -2.11. The lowest BCUT2D eigenvalue weighted by Crippen LogP contribution is -2.05. The first-order valence-electron chi connectivity index (χ1n) is 8.41. The third-order valence-electron chi connectivity index (χ3n) is 3.80. The van der Waals surface area contributed by atoms with Crippen LogP contribution in [0.15, 0.2) is 59.8 Å². The Labute approximate surface area is 185 Å². The molecule has 30 heavy (non-hydrogen) atoms. The Morgan fingerprint density at radius 3 is 2.23 bits per heavy atom. The van der Waals surface area contributed by atoms with E-state index in [1.165, 1.54) is 12.3 Å². The summed E-state index contributed by atoms with van der Waals surface area (Å²) in [5.41, 5.74) is 3.15. The van der Waals surface area contributed by atoms with Crippen LogP contribution in [0.1, 0.15) is 16.7 Å². The van der Waals surface area contributed by atoms with Gasteiger partial charge in [-0.15, -0.1) is 0 Å². The van der Waals surface area contributed by atoms with Gasteiger partial charge in [0.2, 0.25) is 0 Å². The van der Waals surface area contributed by atoms with Gasteiger partial charge in [0.25, 0.3) is 0 Å². The molecule has 0 fully saturated rings. The number of ether oxygens (including phenoxy) is 1. The number of rotatable bonds is 6. The standard InChI is InChI=1S/C20H13Cl3F3N3O/c21-15-4-1-12(2-5-15)11-30-19-16(22)7-13(8-17(19)23)9-28-29-18-6-3-14(10-27-18)20(24,25)26/h1-10H,11H2,(H,27,29)/b28-9-. The normalized spacial score (nSPS) is 11.7. The number of aromatic nitrogens is 1. The monoisotopic (exact) mass is 473 g/mol. The van der Waals surface area contributed by atoms with Crippen LogP contribution < -0.4 is 10.2 Å². The molecule has 0 bridgehead atoms. The second-order valence-electron chi connectivity index (χ2n) is 6.03. The minimum Gasteiger partial charge on any atom is -0.486 e. The van der Waals surface area contributed by atoms with E-state index in [2.05, 4.69) is 15.5 Å². The van der Waals surface area contributed by atoms with Crippen molar-refractivity contribution in [1.82, 2.24) is 4.98 Å². The molecule has 156 valence electrons. The Hall–Kier alpha value is -2.48. The molecule has 0 aliphatic heterocycles. The van der Waals surface area contributed by atoms with Crippen LogP contribution in [0, 0.1) is 0 Å². The largest absolute Gasteiger partial charge is 0.486 e. The van der Waals surface area contributed by atoms with Crippen molar-refractivity contribution in [2.45, 2.75) is 12.8 Å². The Kier molecular flexibility index (Phi) is 7.07. The third kappa shape index (κ3) is 6.01. The number of nitrogens with zero attached hydrogens (tertiary/aromatic N) is 2. The quantitative estimate of drug-likeness (QED) is 0.306. The van der Waals surface area contributed by atoms with Gasteiger partial charge in [0, 0.05) is 11.2 Å². The van der Waals surface area contributed by atoms with E-state index in [4.69, 9.17) is 39.5 Å². The van der Waals surface area contributed by atoms with E-state index >= 15 is 0 Å². The zero-order valence-corrected chi connectivity index (χ0v) is 17.3. The van der Waals surface area contributed by atoms with Crippen LogP contribution in [0.2, 0.25) is 15.1 Å². The molecule has 3 rings (SSSR count). The van der Waals surface area contributed by atoms with E-state index in [0.717, 1.165) is 17.8 Å². The van der Waals surface area contributed by atoms with Gasteiger partial charge in [-0.05, 0) is 47.5 Å². The molecule has 4 nitrogen and oxygen atoms in total. The molecule has 0 saturated carbocycles. The molecule has 0 saturated heterocycles. The predicted molar refractivity (Wildman–Crippen MR) is 113 cm³/mol. The van der Waals surface area contributed by atoms with E-state index < -0.39 is 11.7 Å². The molecule has 0 radical (unpaired) electrons. The van der Waals surface area contributed by atoms with E-state index in [1.54, 1.807) is 24.3 Å². The number of hydrazone groups is 1. The van der Waals surface area contributed by atoms with Gasteiger partial charge in [0.05, 0.1) is 21.8 Å². The highest BCUT2D eigenvalue weighted by atomic mass is 35.5. The number of hydrogen-bond acceptors (Lipinski definition) is 4. The van der Waals surface area contributed by atoms with Crippen molar-refractivity contribution >= 4 is 46.8 Å². The summed E-state index contributed by atoms with van der Waals surface area (Å²) in [6.07, 6.45) is -2.32. The summed E-state index contributed by atoms with van der Waals surface area (Å²) in [6, 6.07) is 12.4. The Balaban J connectivity index is 1.63. The summed E-state index contributed by atoms with van der Waals surface area (Å²) >= 11 is 18.4. The molecule has 10 heteroatoms. The SMILES string of the molecule is FC(F)(F)c1ccc(N/N=C\c2cc(Cl)c(OCc3ccc(Cl)cc3)c(Cl)c2)nc1. The predicted octanol–water partition coefficient (Wildman–Crippen LogP) is 7.09. The number of hydrogen-bond donors (Lipinski definition) is 1. The van der Waals surface area contributed by atoms with Crippen LogP contribution in [0.3, 0.4) is 0 Å². The van der Waals surface area contributed by atoms with Crippen molar-refractivity contribution in [3.63, 3.8) is 0 Å². The third-order valence-corrected chi connectivity index (χ3v) is 4.61. The molecule has 1 N–H and O–H groups in total. The molecular weight excluding hydrogens is 462 g/mol. The zero-order chi connectivity index (χ0) is 21.7. The highest BCUT2D eigenvalue weighted by Crippen LogP contribution is 2.34. The van der Waals surface area contributed by atoms with Crippen LogP contribution in [-0.2, 0) is 12.8 Å². The van der Waals surface area contributed by atoms with Crippen LogP contribution in [0.5, 0.6) is 5.75 Å². The summed E-state index contributed by atoms with van der Waals surface area (Å²) in [4.78, 5) is 3.66. The molecule has 0 unspecified atom stereocenters. The van der Waals surface area contributed by atoms with Crippen molar-refractivity contribution in [2.24, 2.45) is 5.10 Å². The minimum absolute atomic E-state index is 0.152. The number of pyridine rings is 1. The Bertz CT molecular complexity index is 1020. The zero-order valence-electron chi connectivity index (χ0n) is 15.1. The van der Waals surface area contributed by atoms with Gasteiger partial charge in [-0.1, -0.05) is 46.9 Å². The van der Waals surface area contributed by atoms with Crippen molar-refractivity contribution in [1.29, 1.82) is 0 Å². The molecule has 1 heterocycles. The maximum Gasteiger partial charge on any atom is 0.417 e. The van der Waals surface area contributed by atoms with Crippen LogP contribution in [0.4, 0.5) is 19.0 Å². The first-order valence-corrected chi connectivity index (χ1v) is 9.54. The molecule has 2 aromatic carbocycles. The van der Waals surface area contributed by atoms with Gasteiger partial charge in [-0.25, -0.2) is 4.98 Å². The molecule has 3 aromatic rings. The highest BCUT2D eigenvalue weighted by molar-refractivity contribution is 6.37. The van der Waals surface area contributed by atoms with E-state index in [0.29, 0.717) is 16.3 Å². The van der Waals surface area contributed by atoms with Crippen molar-refractivity contribution < 1.29 is 17.9 Å². The first kappa shape index (κ1) is 22.2. The summed E-state index contributed by atoms with van der Waals surface area (Å²) in [7, 11) is 0. The molecule has 0 atom stereocenters. The average molecular weight is 475 g/mol. The van der Waals surface area contributed by atoms with E-state index in [-0.39, 0.29) is 22.5 Å². The number of halogens is 6. The first-order chi connectivity index (χ1) is 14.2. The topological polar surface area (TPSA) is 46.5 Å². The van der Waals surface area contributed by atoms with Gasteiger partial charge in [-0.3, -0.25) is 5.43 Å². The fourth-order valence-electron chi connectivity index (χ4n) is 2.33. The van der Waals surface area contributed by atoms with E-state index in [9.17, 15) is 13.2 Å². The maximum atomic E-state index is 12.5. The lowest BCUT2D eigenvalue weighted by molar-refractivity contribution is -0.137. The summed E-state index contributed by atoms with van der Waals surface area (Å²) in [5.74, 6) is 0.474. The Morgan fingerprint density at radius 2 is 1.67 bits per heavy atom. The number of nitrogens with one attached hydrogen (secondary N) is 1. The van der Waals surface area contributed by atoms with Crippen LogP contribution >= 0.6 is 34.8 Å². The maximum absolute atomic E-state index is 12.5. The molecule has 0 amide bonds. The summed E-state index contributed by atoms with van der Waals surface area (Å²) < 4.78 is 43.3. The van der Waals surface area contributed by atoms with Crippen molar-refractivity contribution in [2.75, 3.05) is 5.43 Å². The summed E-state index contributed by atoms with van der Waals surface area (Å²) in [5, 5.41) is 5.12. The minimum atomic E-state index is -4.44. The second kappa shape index (κ2) is 9.55. The van der Waals surface area contributed by atoms with Gasteiger partial charge >= 0.3 is 6.18 Å². The second-order valence-corrected chi connectivity index (χ2v) is 7.28. The number of anilines is 1. The molecular formula is C20H13Cl3F3N3O. The smallest absolute Gasteiger partial charge is 0.417 e. The van der Waals surface area contributed by atoms with Gasteiger partial charge in [-0.2, -0.15) is 18.3 Å². The Morgan fingerprint density at radius 1 is 1.00 bits per heavy atom. The van der Waals surface area contributed by atoms with Crippen molar-refractivity contribution in [3.05, 3.63) is 86.5 Å². The van der Waals surface area contributed by atoms with Crippen LogP contribution in [-0.4, -0.2) is 11.2 Å². The fraction of sp³-hybridized carbons (Fsp3) is 0.100. The van der Waals surface area contributed by atoms with Crippen LogP contribution in [0.25, 0.3) is 0 Å². The van der Waals surface area contributed by atoms with Gasteiger partial charge < -0.3 is 4.74 Å². The summed E-state index contributed by atoms with van der Waals surface area (Å²) in [6.45, 7) is 0.255. The van der Waals surface area contributed by atoms with Gasteiger partial charge in [0.15, 0.2) is 5.75 Å². The molecule has 0 aliphatic rings. The molecule has 0 spiro atoms. The van der Waals surface area contributed by atoms with Gasteiger partial charge in [0.1, 0.15) is 12.4 Å². The number of benzene rings is 2. The van der Waals surface area contributed by atoms with Crippen molar-refractivity contribution in [3.8, 4) is 5.75 Å². The fourth-order valence-corrected chi connectivity index (χ4v) is 3.07. The van der Waals surface area contributed by atoms with E-state index in [1.807, 2.05) is 12.1 Å². The average Bonchev–Trinajstić information content (AvgIpc) is 2.68.